The Morgan fingerprint density at radius 3 is 2.81 bits per heavy atom. The quantitative estimate of drug-likeness (QED) is 0.852. The highest BCUT2D eigenvalue weighted by atomic mass is 32.1. The van der Waals surface area contributed by atoms with Gasteiger partial charge in [0.15, 0.2) is 0 Å². The van der Waals surface area contributed by atoms with Crippen molar-refractivity contribution in [3.63, 3.8) is 0 Å². The van der Waals surface area contributed by atoms with Crippen LogP contribution in [0.4, 0.5) is 0 Å². The Morgan fingerprint density at radius 1 is 1.33 bits per heavy atom. The molecule has 1 aromatic heterocycles. The molecule has 2 aromatic rings. The first-order chi connectivity index (χ1) is 10.2. The van der Waals surface area contributed by atoms with E-state index in [0.29, 0.717) is 6.54 Å². The molecule has 0 aliphatic carbocycles. The van der Waals surface area contributed by atoms with Gasteiger partial charge in [0.2, 0.25) is 5.91 Å². The van der Waals surface area contributed by atoms with Crippen LogP contribution in [-0.2, 0) is 11.3 Å². The number of aliphatic hydroxyl groups is 1. The van der Waals surface area contributed by atoms with Crippen LogP contribution in [0.5, 0.6) is 0 Å². The summed E-state index contributed by atoms with van der Waals surface area (Å²) < 4.78 is 0. The Kier molecular flexibility index (Phi) is 5.56. The normalized spacial score (nSPS) is 11.3. The molecule has 21 heavy (non-hydrogen) atoms. The minimum absolute atomic E-state index is 0.00401. The van der Waals surface area contributed by atoms with Gasteiger partial charge in [-0.1, -0.05) is 42.2 Å². The zero-order valence-corrected chi connectivity index (χ0v) is 12.6. The lowest BCUT2D eigenvalue weighted by Gasteiger charge is -2.12. The third-order valence-electron chi connectivity index (χ3n) is 3.16. The first-order valence-electron chi connectivity index (χ1n) is 6.71. The number of nitrogens with one attached hydrogen (secondary N) is 1. The fraction of sp³-hybridized carbons (Fsp3) is 0.235. The first kappa shape index (κ1) is 15.3. The SMILES string of the molecule is CC(C(=O)NCc1sccc1C#CCO)c1ccccc1. The zero-order valence-electron chi connectivity index (χ0n) is 11.8. The van der Waals surface area contributed by atoms with Gasteiger partial charge in [-0.3, -0.25) is 4.79 Å². The minimum Gasteiger partial charge on any atom is -0.384 e. The van der Waals surface area contributed by atoms with Crippen molar-refractivity contribution >= 4 is 17.2 Å². The van der Waals surface area contributed by atoms with E-state index in [-0.39, 0.29) is 18.4 Å². The minimum atomic E-state index is -0.182. The van der Waals surface area contributed by atoms with Crippen LogP contribution in [0.1, 0.15) is 28.8 Å². The molecule has 2 N–H and O–H groups in total. The Hall–Kier alpha value is -2.09. The molecule has 0 fully saturated rings. The Labute approximate surface area is 128 Å². The van der Waals surface area contributed by atoms with Crippen molar-refractivity contribution in [3.05, 3.63) is 57.8 Å². The molecule has 4 heteroatoms. The average molecular weight is 299 g/mol. The number of hydrogen-bond donors (Lipinski definition) is 2. The van der Waals surface area contributed by atoms with Crippen LogP contribution < -0.4 is 5.32 Å². The summed E-state index contributed by atoms with van der Waals surface area (Å²) in [6.45, 7) is 2.20. The van der Waals surface area contributed by atoms with Gasteiger partial charge in [0.05, 0.1) is 12.5 Å². The monoisotopic (exact) mass is 299 g/mol. The highest BCUT2D eigenvalue weighted by Crippen LogP contribution is 2.17. The van der Waals surface area contributed by atoms with Crippen molar-refractivity contribution in [1.29, 1.82) is 0 Å². The summed E-state index contributed by atoms with van der Waals surface area (Å²) >= 11 is 1.55. The van der Waals surface area contributed by atoms with Gasteiger partial charge in [-0.2, -0.15) is 0 Å². The van der Waals surface area contributed by atoms with Crippen molar-refractivity contribution in [1.82, 2.24) is 5.32 Å². The zero-order chi connectivity index (χ0) is 15.1. The van der Waals surface area contributed by atoms with Crippen molar-refractivity contribution in [3.8, 4) is 11.8 Å². The fourth-order valence-corrected chi connectivity index (χ4v) is 2.71. The molecule has 108 valence electrons. The van der Waals surface area contributed by atoms with Crippen LogP contribution >= 0.6 is 11.3 Å². The van der Waals surface area contributed by atoms with Gasteiger partial charge in [0.1, 0.15) is 6.61 Å². The van der Waals surface area contributed by atoms with E-state index >= 15 is 0 Å². The fourth-order valence-electron chi connectivity index (χ4n) is 1.94. The molecule has 1 atom stereocenters. The lowest BCUT2D eigenvalue weighted by atomic mass is 10.0. The third kappa shape index (κ3) is 4.19. The van der Waals surface area contributed by atoms with Crippen LogP contribution in [0, 0.1) is 11.8 Å². The summed E-state index contributed by atoms with van der Waals surface area (Å²) in [4.78, 5) is 13.2. The largest absolute Gasteiger partial charge is 0.384 e. The number of amides is 1. The van der Waals surface area contributed by atoms with Gasteiger partial charge < -0.3 is 10.4 Å². The lowest BCUT2D eigenvalue weighted by molar-refractivity contribution is -0.122. The van der Waals surface area contributed by atoms with E-state index in [4.69, 9.17) is 5.11 Å². The van der Waals surface area contributed by atoms with E-state index in [2.05, 4.69) is 17.2 Å². The van der Waals surface area contributed by atoms with Crippen LogP contribution in [0.2, 0.25) is 0 Å². The molecule has 0 saturated heterocycles. The molecule has 1 aromatic carbocycles. The van der Waals surface area contributed by atoms with Crippen LogP contribution in [-0.4, -0.2) is 17.6 Å². The predicted molar refractivity (Wildman–Crippen MR) is 85.0 cm³/mol. The number of carbonyl (C=O) groups is 1. The molecule has 0 radical (unpaired) electrons. The second kappa shape index (κ2) is 7.63. The smallest absolute Gasteiger partial charge is 0.227 e. The molecule has 0 bridgehead atoms. The Balaban J connectivity index is 1.97. The Bertz CT molecular complexity index is 652. The standard InChI is InChI=1S/C17H17NO2S/c1-13(14-6-3-2-4-7-14)17(20)18-12-16-15(8-5-10-19)9-11-21-16/h2-4,6-7,9,11,13,19H,10,12H2,1H3,(H,18,20). The number of rotatable bonds is 4. The molecular formula is C17H17NO2S. The highest BCUT2D eigenvalue weighted by molar-refractivity contribution is 7.10. The maximum Gasteiger partial charge on any atom is 0.227 e. The molecule has 2 rings (SSSR count). The number of aliphatic hydroxyl groups excluding tert-OH is 1. The lowest BCUT2D eigenvalue weighted by Crippen LogP contribution is -2.27. The Morgan fingerprint density at radius 2 is 2.10 bits per heavy atom. The van der Waals surface area contributed by atoms with E-state index in [1.54, 1.807) is 11.3 Å². The molecule has 3 nitrogen and oxygen atoms in total. The molecule has 0 saturated carbocycles. The summed E-state index contributed by atoms with van der Waals surface area (Å²) in [5.41, 5.74) is 1.86. The van der Waals surface area contributed by atoms with Crippen LogP contribution in [0.15, 0.2) is 41.8 Å². The van der Waals surface area contributed by atoms with Gasteiger partial charge in [0, 0.05) is 10.4 Å². The second-order valence-electron chi connectivity index (χ2n) is 4.57. The van der Waals surface area contributed by atoms with Crippen molar-refractivity contribution in [2.24, 2.45) is 0 Å². The van der Waals surface area contributed by atoms with Gasteiger partial charge in [-0.25, -0.2) is 0 Å². The summed E-state index contributed by atoms with van der Waals surface area (Å²) in [5, 5.41) is 13.6. The van der Waals surface area contributed by atoms with Crippen LogP contribution in [0.25, 0.3) is 0 Å². The maximum absolute atomic E-state index is 12.2. The predicted octanol–water partition coefficient (Wildman–Crippen LogP) is 2.51. The number of thiophene rings is 1. The topological polar surface area (TPSA) is 49.3 Å². The molecule has 1 unspecified atom stereocenters. The van der Waals surface area contributed by atoms with E-state index in [1.807, 2.05) is 48.7 Å². The van der Waals surface area contributed by atoms with E-state index in [1.165, 1.54) is 0 Å². The van der Waals surface area contributed by atoms with Gasteiger partial charge in [0.25, 0.3) is 0 Å². The van der Waals surface area contributed by atoms with E-state index in [9.17, 15) is 4.79 Å². The van der Waals surface area contributed by atoms with E-state index < -0.39 is 0 Å². The number of benzene rings is 1. The number of carbonyl (C=O) groups excluding carboxylic acids is 1. The van der Waals surface area contributed by atoms with Gasteiger partial charge >= 0.3 is 0 Å². The van der Waals surface area contributed by atoms with Crippen molar-refractivity contribution in [2.75, 3.05) is 6.61 Å². The second-order valence-corrected chi connectivity index (χ2v) is 5.57. The summed E-state index contributed by atoms with van der Waals surface area (Å²) in [6.07, 6.45) is 0. The maximum atomic E-state index is 12.2. The molecular weight excluding hydrogens is 282 g/mol. The molecule has 0 aliphatic rings. The van der Waals surface area contributed by atoms with Gasteiger partial charge in [-0.05, 0) is 23.9 Å². The summed E-state index contributed by atoms with van der Waals surface area (Å²) in [5.74, 6) is 5.33. The third-order valence-corrected chi connectivity index (χ3v) is 4.08. The number of hydrogen-bond acceptors (Lipinski definition) is 3. The molecule has 1 amide bonds. The average Bonchev–Trinajstić information content (AvgIpc) is 2.98. The van der Waals surface area contributed by atoms with Crippen molar-refractivity contribution in [2.45, 2.75) is 19.4 Å². The summed E-state index contributed by atoms with van der Waals surface area (Å²) in [6, 6.07) is 11.6. The molecule has 0 spiro atoms. The van der Waals surface area contributed by atoms with Crippen LogP contribution in [0.3, 0.4) is 0 Å². The highest BCUT2D eigenvalue weighted by Gasteiger charge is 2.15. The van der Waals surface area contributed by atoms with E-state index in [0.717, 1.165) is 16.0 Å². The summed E-state index contributed by atoms with van der Waals surface area (Å²) in [7, 11) is 0. The molecule has 1 heterocycles. The van der Waals surface area contributed by atoms with Gasteiger partial charge in [-0.15, -0.1) is 11.3 Å². The molecule has 0 aliphatic heterocycles. The van der Waals surface area contributed by atoms with Crippen molar-refractivity contribution < 1.29 is 9.90 Å². The first-order valence-corrected chi connectivity index (χ1v) is 7.59.